The van der Waals surface area contributed by atoms with Crippen molar-refractivity contribution in [1.82, 2.24) is 23.3 Å². The molecule has 0 bridgehead atoms. The Morgan fingerprint density at radius 1 is 0.486 bits per heavy atom. The molecule has 13 rings (SSSR count). The molecule has 13 aromatic rings. The Balaban J connectivity index is 1.07. The standard InChI is InChI=1S/C65H49N5O.Pt/c1-43-36-55-52-28-13-16-31-58(52)70(63-37-46(34-35-66-63)65(2,3)4)61(55)41-62(43)71-49-25-19-24-47(38-49)67-42-68(60-33-18-17-32-59(60)67)64-53(44-20-7-5-8-21-44)39-48(40-54(64)45-22-9-6-10-23-45)69-56-29-14-11-26-50(56)51-27-12-15-30-57(51)69;/h5-41H,1-4H3;/i5D,6D,7D,8D,9D,10D,20D,21D,22D,23D;. The van der Waals surface area contributed by atoms with Crippen LogP contribution in [0.1, 0.15) is 45.6 Å². The van der Waals surface area contributed by atoms with E-state index < -0.39 is 60.4 Å². The molecule has 0 N–H and O–H groups in total. The molecule has 7 heteroatoms. The maximum absolute atomic E-state index is 9.57. The van der Waals surface area contributed by atoms with Gasteiger partial charge < -0.3 is 0 Å². The fourth-order valence-electron chi connectivity index (χ4n) is 10.2. The zero-order chi connectivity index (χ0) is 57.4. The van der Waals surface area contributed by atoms with Gasteiger partial charge in [-0.1, -0.05) is 32.9 Å². The Labute approximate surface area is 442 Å². The molecule has 0 aliphatic heterocycles. The number of rotatable bonds is 8. The monoisotopic (exact) mass is 1120 g/mol. The van der Waals surface area contributed by atoms with Crippen LogP contribution < -0.4 is 4.74 Å². The predicted molar refractivity (Wildman–Crippen MR) is 293 cm³/mol. The van der Waals surface area contributed by atoms with Crippen LogP contribution in [0.25, 0.3) is 99.8 Å². The number of nitrogens with zero attached hydrogens (tertiary/aromatic N) is 5. The van der Waals surface area contributed by atoms with E-state index in [-0.39, 0.29) is 33.4 Å². The van der Waals surface area contributed by atoms with Crippen LogP contribution in [0.2, 0.25) is 0 Å². The molecular formula is C65H49N5OPt. The number of fused-ring (bicyclic) bond motifs is 7. The Bertz CT molecular complexity index is 4750. The predicted octanol–water partition coefficient (Wildman–Crippen LogP) is 16.8. The second kappa shape index (κ2) is 17.2. The topological polar surface area (TPSA) is 41.8 Å². The van der Waals surface area contributed by atoms with Crippen molar-refractivity contribution in [3.8, 4) is 56.6 Å². The van der Waals surface area contributed by atoms with E-state index in [1.54, 1.807) is 12.1 Å². The quantitative estimate of drug-likeness (QED) is 0.152. The molecule has 0 unspecified atom stereocenters. The first-order valence-corrected chi connectivity index (χ1v) is 24.8. The van der Waals surface area contributed by atoms with Crippen LogP contribution in [0.4, 0.5) is 0 Å². The van der Waals surface area contributed by atoms with E-state index >= 15 is 0 Å². The van der Waals surface area contributed by atoms with Crippen molar-refractivity contribution in [2.24, 2.45) is 0 Å². The first kappa shape index (κ1) is 34.1. The van der Waals surface area contributed by atoms with Crippen molar-refractivity contribution in [1.29, 1.82) is 0 Å². The van der Waals surface area contributed by atoms with Gasteiger partial charge in [0.1, 0.15) is 0 Å². The van der Waals surface area contributed by atoms with Crippen molar-refractivity contribution in [2.75, 3.05) is 0 Å². The van der Waals surface area contributed by atoms with Crippen molar-refractivity contribution in [2.45, 2.75) is 33.1 Å². The fraction of sp³-hybridized carbons (Fsp3) is 0.0769. The van der Waals surface area contributed by atoms with Gasteiger partial charge >= 0.3 is 389 Å². The number of hydrogen-bond donors (Lipinski definition) is 0. The molecule has 9 aromatic carbocycles. The molecule has 0 atom stereocenters. The third-order valence-corrected chi connectivity index (χ3v) is 14.5. The molecule has 72 heavy (non-hydrogen) atoms. The number of ether oxygens (including phenoxy) is 1. The molecule has 0 radical (unpaired) electrons. The van der Waals surface area contributed by atoms with Gasteiger partial charge in [-0.25, -0.2) is 0 Å². The SMILES string of the molecule is [2H]c1c([2H])c([2H])c(-c2cc(-n3c4ccccc4c4ccccc43)cc(-c3c([2H])c([2H])c([2H])c([2H])c3[2H])c2-n2[c](=[Pt])n(-c3cccc(Oc4cc5c(cc4C)c4ccccc4n5-c4cc(C(C)(C)C)ccn4)c3)c3ccccc32)c([2H])c1[2H]. The van der Waals surface area contributed by atoms with Crippen molar-refractivity contribution in [3.05, 3.63) is 239 Å². The van der Waals surface area contributed by atoms with Crippen LogP contribution in [0.3, 0.4) is 0 Å². The minimum absolute atomic E-state index is 0.104. The number of aromatic nitrogens is 5. The third kappa shape index (κ3) is 7.20. The van der Waals surface area contributed by atoms with E-state index in [1.165, 1.54) is 0 Å². The summed E-state index contributed by atoms with van der Waals surface area (Å²) in [5.74, 6) is 1.97. The van der Waals surface area contributed by atoms with Crippen LogP contribution >= 0.6 is 0 Å². The molecule has 0 aliphatic carbocycles. The van der Waals surface area contributed by atoms with Gasteiger partial charge in [0.15, 0.2) is 0 Å². The number of aryl methyl sites for hydroxylation is 1. The van der Waals surface area contributed by atoms with E-state index in [2.05, 4.69) is 81.1 Å². The second-order valence-electron chi connectivity index (χ2n) is 18.9. The molecule has 0 saturated carbocycles. The van der Waals surface area contributed by atoms with Crippen LogP contribution in [0.15, 0.2) is 224 Å². The molecule has 0 amide bonds. The van der Waals surface area contributed by atoms with Gasteiger partial charge in [-0.2, -0.15) is 0 Å². The Morgan fingerprint density at radius 2 is 1.03 bits per heavy atom. The summed E-state index contributed by atoms with van der Waals surface area (Å²) in [7, 11) is 0. The van der Waals surface area contributed by atoms with E-state index in [9.17, 15) is 5.48 Å². The Kier molecular flexibility index (Phi) is 8.15. The molecule has 0 fully saturated rings. The van der Waals surface area contributed by atoms with Gasteiger partial charge in [-0.3, -0.25) is 0 Å². The van der Waals surface area contributed by atoms with E-state index in [0.29, 0.717) is 37.7 Å². The fourth-order valence-corrected chi connectivity index (χ4v) is 11.3. The zero-order valence-electron chi connectivity index (χ0n) is 49.5. The summed E-state index contributed by atoms with van der Waals surface area (Å²) in [5.41, 5.74) is 8.18. The number of benzene rings is 9. The van der Waals surface area contributed by atoms with Gasteiger partial charge in [-0.15, -0.1) is 0 Å². The van der Waals surface area contributed by atoms with Gasteiger partial charge in [0.25, 0.3) is 0 Å². The van der Waals surface area contributed by atoms with Crippen molar-refractivity contribution in [3.63, 3.8) is 0 Å². The molecule has 4 aromatic heterocycles. The minimum atomic E-state index is -0.578. The molecule has 4 heterocycles. The van der Waals surface area contributed by atoms with Gasteiger partial charge in [-0.05, 0) is 17.0 Å². The summed E-state index contributed by atoms with van der Waals surface area (Å²) in [6, 6.07) is 45.9. The molecule has 0 saturated heterocycles. The third-order valence-electron chi connectivity index (χ3n) is 13.5. The van der Waals surface area contributed by atoms with Gasteiger partial charge in [0, 0.05) is 6.20 Å². The number of pyridine rings is 1. The number of para-hydroxylation sites is 5. The first-order chi connectivity index (χ1) is 39.3. The van der Waals surface area contributed by atoms with Crippen molar-refractivity contribution < 1.29 is 37.8 Å². The maximum atomic E-state index is 9.57. The molecule has 350 valence electrons. The average Bonchev–Trinajstić information content (AvgIpc) is 2.54. The summed E-state index contributed by atoms with van der Waals surface area (Å²) >= 11 is 2.21. The van der Waals surface area contributed by atoms with E-state index in [4.69, 9.17) is 17.9 Å². The second-order valence-corrected chi connectivity index (χ2v) is 19.9. The molecule has 6 nitrogen and oxygen atoms in total. The van der Waals surface area contributed by atoms with Crippen LogP contribution in [0, 0.1) is 10.7 Å². The summed E-state index contributed by atoms with van der Waals surface area (Å²) < 4.78 is 107. The van der Waals surface area contributed by atoms with Crippen LogP contribution in [-0.4, -0.2) is 23.3 Å². The van der Waals surface area contributed by atoms with E-state index in [0.717, 1.165) is 60.6 Å². The molecular weight excluding hydrogens is 1060 g/mol. The Hall–Kier alpha value is -8.31. The van der Waals surface area contributed by atoms with Crippen LogP contribution in [0.5, 0.6) is 11.5 Å². The average molecular weight is 1120 g/mol. The van der Waals surface area contributed by atoms with Crippen LogP contribution in [-0.2, 0) is 24.8 Å². The molecule has 0 spiro atoms. The summed E-state index contributed by atoms with van der Waals surface area (Å²) in [6.45, 7) is 8.59. The van der Waals surface area contributed by atoms with Gasteiger partial charge in [0.2, 0.25) is 0 Å². The normalized spacial score (nSPS) is 13.9. The number of hydrogen-bond acceptors (Lipinski definition) is 2. The Morgan fingerprint density at radius 3 is 1.62 bits per heavy atom. The summed E-state index contributed by atoms with van der Waals surface area (Å²) in [6.07, 6.45) is 1.86. The molecule has 0 aliphatic rings. The zero-order valence-corrected chi connectivity index (χ0v) is 41.8. The van der Waals surface area contributed by atoms with Crippen molar-refractivity contribution >= 4 is 54.6 Å². The number of imidazole rings is 1. The first-order valence-electron chi connectivity index (χ1n) is 28.6. The van der Waals surface area contributed by atoms with E-state index in [1.807, 2.05) is 136 Å². The summed E-state index contributed by atoms with van der Waals surface area (Å²) in [5, 5.41) is 3.99. The summed E-state index contributed by atoms with van der Waals surface area (Å²) in [4.78, 5) is 4.89. The van der Waals surface area contributed by atoms with Gasteiger partial charge in [0.05, 0.1) is 0 Å².